The van der Waals surface area contributed by atoms with E-state index in [1.54, 1.807) is 4.57 Å². The molecule has 1 saturated heterocycles. The van der Waals surface area contributed by atoms with E-state index < -0.39 is 0 Å². The van der Waals surface area contributed by atoms with Gasteiger partial charge in [0.15, 0.2) is 0 Å². The summed E-state index contributed by atoms with van der Waals surface area (Å²) in [6.07, 6.45) is 2.38. The summed E-state index contributed by atoms with van der Waals surface area (Å²) in [4.78, 5) is 28.2. The summed E-state index contributed by atoms with van der Waals surface area (Å²) in [7, 11) is 0. The third-order valence-corrected chi connectivity index (χ3v) is 6.69. The molecule has 2 aromatic heterocycles. The van der Waals surface area contributed by atoms with Crippen LogP contribution in [-0.2, 0) is 28.9 Å². The first-order valence-corrected chi connectivity index (χ1v) is 12.7. The van der Waals surface area contributed by atoms with Gasteiger partial charge in [0.05, 0.1) is 24.1 Å². The van der Waals surface area contributed by atoms with Crippen molar-refractivity contribution in [3.05, 3.63) is 76.3 Å². The second-order valence-corrected chi connectivity index (χ2v) is 9.12. The Morgan fingerprint density at radius 2 is 1.72 bits per heavy atom. The lowest BCUT2D eigenvalue weighted by Crippen LogP contribution is -2.38. The lowest BCUT2D eigenvalue weighted by Gasteiger charge is -2.26. The minimum atomic E-state index is -0.0778. The summed E-state index contributed by atoms with van der Waals surface area (Å²) in [5, 5.41) is 12.4. The maximum absolute atomic E-state index is 13.3. The van der Waals surface area contributed by atoms with Gasteiger partial charge in [-0.15, -0.1) is 10.2 Å². The molecule has 2 aromatic carbocycles. The molecule has 36 heavy (non-hydrogen) atoms. The highest BCUT2D eigenvalue weighted by Gasteiger charge is 2.17. The SMILES string of the molecule is O=C(CCc1nnc2n(CCc3ccccc3)c(=O)c3ccccc3n12)NCCCN1CCOCC1. The van der Waals surface area contributed by atoms with Gasteiger partial charge in [-0.3, -0.25) is 23.5 Å². The Balaban J connectivity index is 1.28. The van der Waals surface area contributed by atoms with Crippen LogP contribution in [0.3, 0.4) is 0 Å². The van der Waals surface area contributed by atoms with Crippen molar-refractivity contribution in [1.82, 2.24) is 29.4 Å². The summed E-state index contributed by atoms with van der Waals surface area (Å²) in [5.74, 6) is 1.18. The number of carbonyl (C=O) groups excluding carboxylic acids is 1. The summed E-state index contributed by atoms with van der Waals surface area (Å²) in [5.41, 5.74) is 1.84. The van der Waals surface area contributed by atoms with Crippen LogP contribution in [-0.4, -0.2) is 69.4 Å². The second kappa shape index (κ2) is 11.5. The van der Waals surface area contributed by atoms with Gasteiger partial charge in [-0.25, -0.2) is 0 Å². The number of hydrogen-bond acceptors (Lipinski definition) is 6. The van der Waals surface area contributed by atoms with E-state index in [2.05, 4.69) is 32.5 Å². The number of ether oxygens (including phenoxy) is 1. The van der Waals surface area contributed by atoms with E-state index in [0.29, 0.717) is 49.3 Å². The summed E-state index contributed by atoms with van der Waals surface area (Å²) in [6.45, 7) is 5.60. The van der Waals surface area contributed by atoms with Crippen molar-refractivity contribution >= 4 is 22.6 Å². The zero-order valence-electron chi connectivity index (χ0n) is 20.4. The zero-order chi connectivity index (χ0) is 24.7. The molecule has 0 unspecified atom stereocenters. The molecule has 9 nitrogen and oxygen atoms in total. The Labute approximate surface area is 209 Å². The van der Waals surface area contributed by atoms with Crippen molar-refractivity contribution < 1.29 is 9.53 Å². The van der Waals surface area contributed by atoms with Crippen molar-refractivity contribution in [3.63, 3.8) is 0 Å². The fourth-order valence-electron chi connectivity index (χ4n) is 4.73. The molecule has 0 aliphatic carbocycles. The molecule has 5 rings (SSSR count). The Morgan fingerprint density at radius 3 is 2.56 bits per heavy atom. The number of morpholine rings is 1. The molecule has 1 aliphatic rings. The average Bonchev–Trinajstić information content (AvgIpc) is 3.35. The van der Waals surface area contributed by atoms with Crippen LogP contribution in [0.25, 0.3) is 16.7 Å². The number of nitrogens with zero attached hydrogens (tertiary/aromatic N) is 5. The van der Waals surface area contributed by atoms with Gasteiger partial charge in [0.2, 0.25) is 11.7 Å². The van der Waals surface area contributed by atoms with E-state index in [1.807, 2.05) is 46.9 Å². The van der Waals surface area contributed by atoms with Gasteiger partial charge in [-0.2, -0.15) is 0 Å². The number of carbonyl (C=O) groups is 1. The van der Waals surface area contributed by atoms with Crippen molar-refractivity contribution in [3.8, 4) is 0 Å². The molecule has 1 amide bonds. The fourth-order valence-corrected chi connectivity index (χ4v) is 4.73. The second-order valence-electron chi connectivity index (χ2n) is 9.12. The third-order valence-electron chi connectivity index (χ3n) is 6.69. The van der Waals surface area contributed by atoms with Gasteiger partial charge in [0.25, 0.3) is 5.56 Å². The number of nitrogens with one attached hydrogen (secondary N) is 1. The number of amides is 1. The van der Waals surface area contributed by atoms with Crippen LogP contribution in [0.5, 0.6) is 0 Å². The number of aryl methyl sites for hydroxylation is 3. The van der Waals surface area contributed by atoms with Gasteiger partial charge in [-0.1, -0.05) is 42.5 Å². The van der Waals surface area contributed by atoms with Crippen LogP contribution in [0.2, 0.25) is 0 Å². The number of para-hydroxylation sites is 1. The highest BCUT2D eigenvalue weighted by Crippen LogP contribution is 2.16. The zero-order valence-corrected chi connectivity index (χ0v) is 20.4. The minimum absolute atomic E-state index is 0.00423. The largest absolute Gasteiger partial charge is 0.379 e. The van der Waals surface area contributed by atoms with E-state index in [1.165, 1.54) is 0 Å². The van der Waals surface area contributed by atoms with E-state index in [4.69, 9.17) is 4.74 Å². The van der Waals surface area contributed by atoms with E-state index in [-0.39, 0.29) is 11.5 Å². The average molecular weight is 489 g/mol. The Bertz CT molecular complexity index is 1380. The van der Waals surface area contributed by atoms with Crippen LogP contribution in [0, 0.1) is 0 Å². The number of benzene rings is 2. The molecule has 3 heterocycles. The summed E-state index contributed by atoms with van der Waals surface area (Å²) in [6, 6.07) is 17.6. The molecule has 1 N–H and O–H groups in total. The number of aromatic nitrogens is 4. The Hall–Kier alpha value is -3.56. The first kappa shape index (κ1) is 24.1. The fraction of sp³-hybridized carbons (Fsp3) is 0.407. The topological polar surface area (TPSA) is 93.8 Å². The maximum Gasteiger partial charge on any atom is 0.262 e. The van der Waals surface area contributed by atoms with Gasteiger partial charge in [0, 0.05) is 39.0 Å². The highest BCUT2D eigenvalue weighted by atomic mass is 16.5. The number of fused-ring (bicyclic) bond motifs is 3. The summed E-state index contributed by atoms with van der Waals surface area (Å²) < 4.78 is 8.99. The van der Waals surface area contributed by atoms with E-state index in [0.717, 1.165) is 50.3 Å². The number of rotatable bonds is 10. The van der Waals surface area contributed by atoms with Crippen LogP contribution in [0.4, 0.5) is 0 Å². The van der Waals surface area contributed by atoms with Gasteiger partial charge in [-0.05, 0) is 37.1 Å². The van der Waals surface area contributed by atoms with Crippen LogP contribution < -0.4 is 10.9 Å². The lowest BCUT2D eigenvalue weighted by atomic mass is 10.1. The lowest BCUT2D eigenvalue weighted by molar-refractivity contribution is -0.121. The molecule has 0 spiro atoms. The molecule has 0 atom stereocenters. The number of hydrogen-bond donors (Lipinski definition) is 1. The van der Waals surface area contributed by atoms with Gasteiger partial charge < -0.3 is 10.1 Å². The predicted octanol–water partition coefficient (Wildman–Crippen LogP) is 2.06. The molecule has 0 radical (unpaired) electrons. The smallest absolute Gasteiger partial charge is 0.262 e. The predicted molar refractivity (Wildman–Crippen MR) is 138 cm³/mol. The molecule has 9 heteroatoms. The van der Waals surface area contributed by atoms with Gasteiger partial charge in [0.1, 0.15) is 5.82 Å². The normalized spacial score (nSPS) is 14.4. The minimum Gasteiger partial charge on any atom is -0.379 e. The molecule has 4 aromatic rings. The van der Waals surface area contributed by atoms with Crippen molar-refractivity contribution in [1.29, 1.82) is 0 Å². The molecular weight excluding hydrogens is 456 g/mol. The third kappa shape index (κ3) is 5.47. The standard InChI is InChI=1S/C27H32N6O3/c34-25(28-14-6-15-31-17-19-36-20-18-31)12-11-24-29-30-27-32(16-13-21-7-2-1-3-8-21)26(35)22-9-4-5-10-23(22)33(24)27/h1-5,7-10H,6,11-20H2,(H,28,34). The van der Waals surface area contributed by atoms with Crippen LogP contribution in [0.15, 0.2) is 59.4 Å². The molecule has 188 valence electrons. The monoisotopic (exact) mass is 488 g/mol. The first-order valence-electron chi connectivity index (χ1n) is 12.7. The van der Waals surface area contributed by atoms with Crippen molar-refractivity contribution in [2.45, 2.75) is 32.2 Å². The van der Waals surface area contributed by atoms with Crippen molar-refractivity contribution in [2.75, 3.05) is 39.4 Å². The maximum atomic E-state index is 13.3. The quantitative estimate of drug-likeness (QED) is 0.344. The van der Waals surface area contributed by atoms with Crippen molar-refractivity contribution in [2.24, 2.45) is 0 Å². The van der Waals surface area contributed by atoms with Crippen LogP contribution >= 0.6 is 0 Å². The first-order chi connectivity index (χ1) is 17.7. The highest BCUT2D eigenvalue weighted by molar-refractivity contribution is 5.80. The van der Waals surface area contributed by atoms with Crippen LogP contribution in [0.1, 0.15) is 24.2 Å². The van der Waals surface area contributed by atoms with E-state index in [9.17, 15) is 9.59 Å². The molecular formula is C27H32N6O3. The summed E-state index contributed by atoms with van der Waals surface area (Å²) >= 11 is 0. The Morgan fingerprint density at radius 1 is 0.944 bits per heavy atom. The molecule has 0 saturated carbocycles. The van der Waals surface area contributed by atoms with Gasteiger partial charge >= 0.3 is 0 Å². The van der Waals surface area contributed by atoms with E-state index >= 15 is 0 Å². The molecule has 0 bridgehead atoms. The Kier molecular flexibility index (Phi) is 7.68. The molecule has 1 fully saturated rings. The molecule has 1 aliphatic heterocycles.